The SMILES string of the molecule is C=C(/C=C(OC)\C(OC)=C(/C)CN(C)C)CC.CCN(C)C. The highest BCUT2D eigenvalue weighted by Gasteiger charge is 2.11. The van der Waals surface area contributed by atoms with Crippen molar-refractivity contribution in [2.75, 3.05) is 55.5 Å². The fourth-order valence-electron chi connectivity index (χ4n) is 1.54. The smallest absolute Gasteiger partial charge is 0.160 e. The van der Waals surface area contributed by atoms with Crippen molar-refractivity contribution < 1.29 is 9.47 Å². The lowest BCUT2D eigenvalue weighted by Crippen LogP contribution is -2.16. The molecule has 0 aliphatic carbocycles. The number of rotatable bonds is 8. The van der Waals surface area contributed by atoms with Gasteiger partial charge in [-0.05, 0) is 59.7 Å². The highest BCUT2D eigenvalue weighted by molar-refractivity contribution is 5.32. The Bertz CT molecular complexity index is 369. The number of ether oxygens (including phenoxy) is 2. The van der Waals surface area contributed by atoms with Crippen LogP contribution in [0, 0.1) is 0 Å². The zero-order valence-corrected chi connectivity index (χ0v) is 16.1. The number of nitrogens with zero attached hydrogens (tertiary/aromatic N) is 2. The second-order valence-electron chi connectivity index (χ2n) is 5.67. The highest BCUT2D eigenvalue weighted by atomic mass is 16.5. The van der Waals surface area contributed by atoms with E-state index in [0.717, 1.165) is 42.2 Å². The van der Waals surface area contributed by atoms with Crippen LogP contribution in [0.2, 0.25) is 0 Å². The zero-order valence-electron chi connectivity index (χ0n) is 16.1. The van der Waals surface area contributed by atoms with Gasteiger partial charge in [0.05, 0.1) is 14.2 Å². The molecular formula is C18H36N2O2. The van der Waals surface area contributed by atoms with Crippen LogP contribution in [0.3, 0.4) is 0 Å². The minimum atomic E-state index is 0.735. The summed E-state index contributed by atoms with van der Waals surface area (Å²) in [6, 6.07) is 0. The normalized spacial score (nSPS) is 12.6. The standard InChI is InChI=1S/C14H25NO2.C4H11N/c1-8-11(2)9-13(16-6)14(17-7)12(3)10-15(4)5;1-4-5(2)3/h9H,2,8,10H2,1,3-7H3;4H2,1-3H3/b13-9+,14-12-;. The predicted molar refractivity (Wildman–Crippen MR) is 97.0 cm³/mol. The maximum Gasteiger partial charge on any atom is 0.160 e. The molecule has 4 heteroatoms. The summed E-state index contributed by atoms with van der Waals surface area (Å²) >= 11 is 0. The van der Waals surface area contributed by atoms with Gasteiger partial charge in [0.2, 0.25) is 0 Å². The Morgan fingerprint density at radius 2 is 1.50 bits per heavy atom. The van der Waals surface area contributed by atoms with Gasteiger partial charge in [0.25, 0.3) is 0 Å². The Balaban J connectivity index is 0. The quantitative estimate of drug-likeness (QED) is 0.505. The van der Waals surface area contributed by atoms with E-state index in [1.165, 1.54) is 0 Å². The first-order valence-corrected chi connectivity index (χ1v) is 7.70. The summed E-state index contributed by atoms with van der Waals surface area (Å²) in [6.45, 7) is 12.2. The van der Waals surface area contributed by atoms with Crippen molar-refractivity contribution in [3.8, 4) is 0 Å². The summed E-state index contributed by atoms with van der Waals surface area (Å²) < 4.78 is 10.8. The molecule has 4 nitrogen and oxygen atoms in total. The Kier molecular flexibility index (Phi) is 14.0. The monoisotopic (exact) mass is 312 g/mol. The van der Waals surface area contributed by atoms with E-state index in [2.05, 4.69) is 44.3 Å². The molecule has 130 valence electrons. The van der Waals surface area contributed by atoms with Gasteiger partial charge >= 0.3 is 0 Å². The lowest BCUT2D eigenvalue weighted by Gasteiger charge is -2.16. The van der Waals surface area contributed by atoms with Gasteiger partial charge < -0.3 is 19.3 Å². The van der Waals surface area contributed by atoms with Gasteiger partial charge in [0.1, 0.15) is 0 Å². The van der Waals surface area contributed by atoms with Crippen molar-refractivity contribution in [2.45, 2.75) is 27.2 Å². The van der Waals surface area contributed by atoms with Gasteiger partial charge in [-0.25, -0.2) is 0 Å². The van der Waals surface area contributed by atoms with E-state index in [9.17, 15) is 0 Å². The van der Waals surface area contributed by atoms with Gasteiger partial charge in [-0.15, -0.1) is 0 Å². The fraction of sp³-hybridized carbons (Fsp3) is 0.667. The summed E-state index contributed by atoms with van der Waals surface area (Å²) in [4.78, 5) is 4.22. The van der Waals surface area contributed by atoms with E-state index in [4.69, 9.17) is 9.47 Å². The second kappa shape index (κ2) is 13.4. The Hall–Kier alpha value is -1.26. The number of allylic oxidation sites excluding steroid dienone is 2. The highest BCUT2D eigenvalue weighted by Crippen LogP contribution is 2.19. The van der Waals surface area contributed by atoms with Crippen molar-refractivity contribution in [3.63, 3.8) is 0 Å². The molecule has 0 aliphatic rings. The van der Waals surface area contributed by atoms with E-state index in [1.54, 1.807) is 14.2 Å². The van der Waals surface area contributed by atoms with E-state index >= 15 is 0 Å². The molecule has 22 heavy (non-hydrogen) atoms. The molecule has 0 unspecified atom stereocenters. The third-order valence-electron chi connectivity index (χ3n) is 3.01. The van der Waals surface area contributed by atoms with E-state index in [1.807, 2.05) is 27.1 Å². The molecule has 0 saturated heterocycles. The van der Waals surface area contributed by atoms with Gasteiger partial charge in [-0.1, -0.05) is 26.0 Å². The van der Waals surface area contributed by atoms with Gasteiger partial charge in [-0.2, -0.15) is 0 Å². The summed E-state index contributed by atoms with van der Waals surface area (Å²) in [5.74, 6) is 1.52. The van der Waals surface area contributed by atoms with Crippen molar-refractivity contribution in [1.29, 1.82) is 0 Å². The number of methoxy groups -OCH3 is 2. The molecule has 0 heterocycles. The van der Waals surface area contributed by atoms with Gasteiger partial charge in [0.15, 0.2) is 11.5 Å². The van der Waals surface area contributed by atoms with Gasteiger partial charge in [0, 0.05) is 6.54 Å². The molecule has 0 saturated carbocycles. The molecular weight excluding hydrogens is 276 g/mol. The van der Waals surface area contributed by atoms with Crippen LogP contribution in [-0.4, -0.2) is 65.3 Å². The molecule has 0 rings (SSSR count). The molecule has 0 radical (unpaired) electrons. The lowest BCUT2D eigenvalue weighted by molar-refractivity contribution is 0.214. The number of hydrogen-bond donors (Lipinski definition) is 0. The average Bonchev–Trinajstić information content (AvgIpc) is 2.46. The van der Waals surface area contributed by atoms with Crippen molar-refractivity contribution in [3.05, 3.63) is 35.3 Å². The zero-order chi connectivity index (χ0) is 17.7. The second-order valence-corrected chi connectivity index (χ2v) is 5.67. The van der Waals surface area contributed by atoms with E-state index < -0.39 is 0 Å². The Morgan fingerprint density at radius 3 is 1.77 bits per heavy atom. The van der Waals surface area contributed by atoms with Gasteiger partial charge in [-0.3, -0.25) is 0 Å². The number of likely N-dealkylation sites (N-methyl/N-ethyl adjacent to an activating group) is 1. The summed E-state index contributed by atoms with van der Waals surface area (Å²) in [7, 11) is 11.5. The molecule has 0 aromatic heterocycles. The molecule has 0 aromatic carbocycles. The molecule has 0 aliphatic heterocycles. The van der Waals surface area contributed by atoms with Crippen LogP contribution in [0.1, 0.15) is 27.2 Å². The molecule has 0 fully saturated rings. The first kappa shape index (κ1) is 23.0. The third-order valence-corrected chi connectivity index (χ3v) is 3.01. The maximum atomic E-state index is 5.43. The minimum Gasteiger partial charge on any atom is -0.493 e. The van der Waals surface area contributed by atoms with Crippen LogP contribution in [0.15, 0.2) is 35.3 Å². The largest absolute Gasteiger partial charge is 0.493 e. The molecule has 0 aromatic rings. The van der Waals surface area contributed by atoms with Crippen LogP contribution in [0.25, 0.3) is 0 Å². The van der Waals surface area contributed by atoms with Crippen LogP contribution in [0.5, 0.6) is 0 Å². The van der Waals surface area contributed by atoms with Crippen LogP contribution >= 0.6 is 0 Å². The van der Waals surface area contributed by atoms with Crippen LogP contribution in [0.4, 0.5) is 0 Å². The summed E-state index contributed by atoms with van der Waals surface area (Å²) in [5, 5.41) is 0. The maximum absolute atomic E-state index is 5.43. The first-order chi connectivity index (χ1) is 10.2. The van der Waals surface area contributed by atoms with E-state index in [0.29, 0.717) is 0 Å². The van der Waals surface area contributed by atoms with Crippen molar-refractivity contribution >= 4 is 0 Å². The summed E-state index contributed by atoms with van der Waals surface area (Å²) in [6.07, 6.45) is 2.83. The predicted octanol–water partition coefficient (Wildman–Crippen LogP) is 3.53. The molecule has 0 atom stereocenters. The molecule has 0 bridgehead atoms. The molecule has 0 spiro atoms. The minimum absolute atomic E-state index is 0.735. The average molecular weight is 312 g/mol. The molecule has 0 amide bonds. The fourth-order valence-corrected chi connectivity index (χ4v) is 1.54. The number of hydrogen-bond acceptors (Lipinski definition) is 4. The lowest BCUT2D eigenvalue weighted by atomic mass is 10.1. The Morgan fingerprint density at radius 1 is 1.00 bits per heavy atom. The van der Waals surface area contributed by atoms with E-state index in [-0.39, 0.29) is 0 Å². The third kappa shape index (κ3) is 11.4. The Labute approximate surface area is 138 Å². The molecule has 0 N–H and O–H groups in total. The van der Waals surface area contributed by atoms with Crippen LogP contribution in [-0.2, 0) is 9.47 Å². The van der Waals surface area contributed by atoms with Crippen molar-refractivity contribution in [2.24, 2.45) is 0 Å². The first-order valence-electron chi connectivity index (χ1n) is 7.70. The van der Waals surface area contributed by atoms with Crippen LogP contribution < -0.4 is 0 Å². The topological polar surface area (TPSA) is 24.9 Å². The van der Waals surface area contributed by atoms with Crippen molar-refractivity contribution in [1.82, 2.24) is 9.80 Å². The summed E-state index contributed by atoms with van der Waals surface area (Å²) in [5.41, 5.74) is 2.16.